The normalized spacial score (nSPS) is 21.3. The van der Waals surface area contributed by atoms with E-state index in [1.54, 1.807) is 6.07 Å². The molecule has 5 heteroatoms. The van der Waals surface area contributed by atoms with Crippen molar-refractivity contribution in [3.63, 3.8) is 0 Å². The minimum Gasteiger partial charge on any atom is -0.340 e. The summed E-state index contributed by atoms with van der Waals surface area (Å²) in [6.07, 6.45) is 1.07. The molecule has 2 heterocycles. The molecule has 1 aromatic rings. The number of nitriles is 1. The Morgan fingerprint density at radius 2 is 2.35 bits per heavy atom. The van der Waals surface area contributed by atoms with Crippen LogP contribution in [-0.4, -0.2) is 29.1 Å². The van der Waals surface area contributed by atoms with Crippen LogP contribution in [0.15, 0.2) is 6.07 Å². The second kappa shape index (κ2) is 4.68. The lowest BCUT2D eigenvalue weighted by Crippen LogP contribution is -2.30. The fourth-order valence-electron chi connectivity index (χ4n) is 2.15. The summed E-state index contributed by atoms with van der Waals surface area (Å²) >= 11 is 0. The lowest BCUT2D eigenvalue weighted by molar-refractivity contribution is 0.487. The minimum absolute atomic E-state index is 0.195. The quantitative estimate of drug-likeness (QED) is 0.815. The fourth-order valence-corrected chi connectivity index (χ4v) is 2.15. The van der Waals surface area contributed by atoms with Gasteiger partial charge in [-0.05, 0) is 32.3 Å². The fraction of sp³-hybridized carbons (Fsp3) is 0.583. The van der Waals surface area contributed by atoms with Gasteiger partial charge in [-0.25, -0.2) is 9.97 Å². The van der Waals surface area contributed by atoms with E-state index in [0.717, 1.165) is 25.2 Å². The van der Waals surface area contributed by atoms with Crippen molar-refractivity contribution in [2.24, 2.45) is 11.7 Å². The monoisotopic (exact) mass is 231 g/mol. The van der Waals surface area contributed by atoms with Crippen LogP contribution >= 0.6 is 0 Å². The van der Waals surface area contributed by atoms with Crippen LogP contribution in [-0.2, 0) is 0 Å². The Kier molecular flexibility index (Phi) is 3.25. The van der Waals surface area contributed by atoms with Gasteiger partial charge in [0.05, 0.1) is 0 Å². The van der Waals surface area contributed by atoms with Crippen LogP contribution in [0.4, 0.5) is 5.95 Å². The van der Waals surface area contributed by atoms with Gasteiger partial charge in [0.15, 0.2) is 0 Å². The van der Waals surface area contributed by atoms with Crippen LogP contribution in [0.3, 0.4) is 0 Å². The van der Waals surface area contributed by atoms with Crippen molar-refractivity contribution < 1.29 is 0 Å². The first-order valence-electron chi connectivity index (χ1n) is 5.86. The zero-order chi connectivity index (χ0) is 12.4. The van der Waals surface area contributed by atoms with Gasteiger partial charge in [0.2, 0.25) is 5.95 Å². The standard InChI is InChI=1S/C12H17N5/c1-8-5-11(6-13)16-12(15-8)17-4-3-10(7-17)9(2)14/h5,9-10H,3-4,7,14H2,1-2H3. The second-order valence-corrected chi connectivity index (χ2v) is 4.66. The highest BCUT2D eigenvalue weighted by Gasteiger charge is 2.27. The summed E-state index contributed by atoms with van der Waals surface area (Å²) in [5.74, 6) is 1.15. The van der Waals surface area contributed by atoms with Crippen molar-refractivity contribution in [1.29, 1.82) is 5.26 Å². The van der Waals surface area contributed by atoms with E-state index in [2.05, 4.69) is 20.9 Å². The molecule has 0 bridgehead atoms. The summed E-state index contributed by atoms with van der Waals surface area (Å²) in [5, 5.41) is 8.89. The van der Waals surface area contributed by atoms with Crippen molar-refractivity contribution in [1.82, 2.24) is 9.97 Å². The zero-order valence-electron chi connectivity index (χ0n) is 10.2. The van der Waals surface area contributed by atoms with Gasteiger partial charge in [0.25, 0.3) is 0 Å². The molecule has 2 unspecified atom stereocenters. The summed E-state index contributed by atoms with van der Waals surface area (Å²) in [4.78, 5) is 10.7. The van der Waals surface area contributed by atoms with E-state index in [9.17, 15) is 0 Å². The number of hydrogen-bond donors (Lipinski definition) is 1. The molecule has 0 radical (unpaired) electrons. The van der Waals surface area contributed by atoms with E-state index < -0.39 is 0 Å². The molecule has 1 aromatic heterocycles. The Hall–Kier alpha value is -1.67. The second-order valence-electron chi connectivity index (χ2n) is 4.66. The summed E-state index contributed by atoms with van der Waals surface area (Å²) in [7, 11) is 0. The Labute approximate surface area is 101 Å². The van der Waals surface area contributed by atoms with Crippen molar-refractivity contribution in [3.05, 3.63) is 17.5 Å². The maximum atomic E-state index is 8.89. The van der Waals surface area contributed by atoms with Crippen molar-refractivity contribution in [3.8, 4) is 6.07 Å². The molecule has 5 nitrogen and oxygen atoms in total. The summed E-state index contributed by atoms with van der Waals surface area (Å²) < 4.78 is 0. The summed E-state index contributed by atoms with van der Waals surface area (Å²) in [6.45, 7) is 5.71. The SMILES string of the molecule is Cc1cc(C#N)nc(N2CCC(C(C)N)C2)n1. The van der Waals surface area contributed by atoms with Gasteiger partial charge >= 0.3 is 0 Å². The average molecular weight is 231 g/mol. The van der Waals surface area contributed by atoms with Crippen molar-refractivity contribution >= 4 is 5.95 Å². The number of anilines is 1. The predicted octanol–water partition coefficient (Wildman–Crippen LogP) is 0.830. The Morgan fingerprint density at radius 3 is 2.94 bits per heavy atom. The van der Waals surface area contributed by atoms with Crippen LogP contribution in [0.25, 0.3) is 0 Å². The Bertz CT molecular complexity index is 449. The van der Waals surface area contributed by atoms with Crippen LogP contribution in [0.5, 0.6) is 0 Å². The van der Waals surface area contributed by atoms with Gasteiger partial charge in [-0.15, -0.1) is 0 Å². The highest BCUT2D eigenvalue weighted by atomic mass is 15.3. The highest BCUT2D eigenvalue weighted by Crippen LogP contribution is 2.22. The van der Waals surface area contributed by atoms with Crippen LogP contribution in [0.2, 0.25) is 0 Å². The van der Waals surface area contributed by atoms with Crippen molar-refractivity contribution in [2.75, 3.05) is 18.0 Å². The molecule has 17 heavy (non-hydrogen) atoms. The smallest absolute Gasteiger partial charge is 0.226 e. The van der Waals surface area contributed by atoms with E-state index in [1.807, 2.05) is 13.8 Å². The minimum atomic E-state index is 0.195. The van der Waals surface area contributed by atoms with E-state index in [0.29, 0.717) is 17.6 Å². The number of aryl methyl sites for hydroxylation is 1. The summed E-state index contributed by atoms with van der Waals surface area (Å²) in [6, 6.07) is 3.95. The molecule has 0 aliphatic carbocycles. The Balaban J connectivity index is 2.19. The molecule has 2 rings (SSSR count). The maximum absolute atomic E-state index is 8.89. The number of aromatic nitrogens is 2. The average Bonchev–Trinajstić information content (AvgIpc) is 2.77. The molecule has 1 saturated heterocycles. The lowest BCUT2D eigenvalue weighted by Gasteiger charge is -2.18. The van der Waals surface area contributed by atoms with E-state index in [4.69, 9.17) is 11.0 Å². The molecule has 0 amide bonds. The molecule has 0 saturated carbocycles. The molecule has 0 spiro atoms. The Morgan fingerprint density at radius 1 is 1.59 bits per heavy atom. The van der Waals surface area contributed by atoms with Crippen LogP contribution < -0.4 is 10.6 Å². The zero-order valence-corrected chi connectivity index (χ0v) is 10.2. The number of nitrogens with two attached hydrogens (primary N) is 1. The van der Waals surface area contributed by atoms with Gasteiger partial charge in [-0.2, -0.15) is 5.26 Å². The molecule has 2 atom stereocenters. The van der Waals surface area contributed by atoms with Gasteiger partial charge in [0, 0.05) is 24.8 Å². The third kappa shape index (κ3) is 2.53. The van der Waals surface area contributed by atoms with Crippen LogP contribution in [0.1, 0.15) is 24.7 Å². The largest absolute Gasteiger partial charge is 0.340 e. The first kappa shape index (κ1) is 11.8. The molecule has 1 aliphatic rings. The molecular formula is C12H17N5. The topological polar surface area (TPSA) is 78.8 Å². The molecule has 1 fully saturated rings. The first-order valence-corrected chi connectivity index (χ1v) is 5.86. The maximum Gasteiger partial charge on any atom is 0.226 e. The van der Waals surface area contributed by atoms with E-state index in [-0.39, 0.29) is 6.04 Å². The highest BCUT2D eigenvalue weighted by molar-refractivity contribution is 5.37. The van der Waals surface area contributed by atoms with Crippen LogP contribution in [0, 0.1) is 24.2 Å². The third-order valence-electron chi connectivity index (χ3n) is 3.21. The number of rotatable bonds is 2. The molecule has 2 N–H and O–H groups in total. The molecule has 1 aliphatic heterocycles. The number of hydrogen-bond acceptors (Lipinski definition) is 5. The predicted molar refractivity (Wildman–Crippen MR) is 65.5 cm³/mol. The first-order chi connectivity index (χ1) is 8.10. The van der Waals surface area contributed by atoms with Gasteiger partial charge < -0.3 is 10.6 Å². The van der Waals surface area contributed by atoms with Crippen molar-refractivity contribution in [2.45, 2.75) is 26.3 Å². The van der Waals surface area contributed by atoms with E-state index in [1.165, 1.54) is 0 Å². The molecular weight excluding hydrogens is 214 g/mol. The third-order valence-corrected chi connectivity index (χ3v) is 3.21. The van der Waals surface area contributed by atoms with Gasteiger partial charge in [-0.1, -0.05) is 0 Å². The van der Waals surface area contributed by atoms with E-state index >= 15 is 0 Å². The summed E-state index contributed by atoms with van der Waals surface area (Å²) in [5.41, 5.74) is 7.16. The van der Waals surface area contributed by atoms with Gasteiger partial charge in [-0.3, -0.25) is 0 Å². The lowest BCUT2D eigenvalue weighted by atomic mass is 10.0. The molecule has 90 valence electrons. The molecule has 0 aromatic carbocycles. The van der Waals surface area contributed by atoms with Gasteiger partial charge in [0.1, 0.15) is 11.8 Å². The number of nitrogens with zero attached hydrogens (tertiary/aromatic N) is 4.